The van der Waals surface area contributed by atoms with E-state index in [-0.39, 0.29) is 11.8 Å². The summed E-state index contributed by atoms with van der Waals surface area (Å²) in [7, 11) is 4.89. The number of Topliss-reactive ketones (excluding diaryl/α,β-unsaturated/α-hetero) is 1. The van der Waals surface area contributed by atoms with Crippen molar-refractivity contribution in [2.45, 2.75) is 23.8 Å². The Hall–Kier alpha value is -2.43. The summed E-state index contributed by atoms with van der Waals surface area (Å²) in [6.07, 6.45) is 7.25. The van der Waals surface area contributed by atoms with Crippen LogP contribution in [0.2, 0.25) is 0 Å². The topological polar surface area (TPSA) is 69.3 Å². The van der Waals surface area contributed by atoms with Crippen LogP contribution in [0.1, 0.15) is 24.0 Å². The van der Waals surface area contributed by atoms with Gasteiger partial charge in [-0.25, -0.2) is 9.03 Å². The fraction of sp³-hybridized carbons (Fsp3) is 0.393. The first-order valence-electron chi connectivity index (χ1n) is 12.2. The summed E-state index contributed by atoms with van der Waals surface area (Å²) in [5.74, 6) is 2.17. The lowest BCUT2D eigenvalue weighted by Crippen LogP contribution is -2.38. The third-order valence-corrected chi connectivity index (χ3v) is 8.17. The Labute approximate surface area is 227 Å². The third-order valence-electron chi connectivity index (χ3n) is 6.33. The molecule has 1 N–H and O–H groups in total. The van der Waals surface area contributed by atoms with Crippen LogP contribution in [0.15, 0.2) is 52.4 Å². The summed E-state index contributed by atoms with van der Waals surface area (Å²) in [6.45, 7) is 3.23. The molecule has 1 saturated heterocycles. The fourth-order valence-electron chi connectivity index (χ4n) is 4.40. The van der Waals surface area contributed by atoms with E-state index in [1.54, 1.807) is 45.2 Å². The monoisotopic (exact) mass is 542 g/mol. The highest BCUT2D eigenvalue weighted by molar-refractivity contribution is 7.98. The van der Waals surface area contributed by atoms with Crippen molar-refractivity contribution in [3.05, 3.63) is 58.7 Å². The predicted octanol–water partition coefficient (Wildman–Crippen LogP) is 5.12. The van der Waals surface area contributed by atoms with Gasteiger partial charge in [0.15, 0.2) is 17.3 Å². The number of methoxy groups -OCH3 is 3. The molecule has 9 heteroatoms. The number of thioether (sulfide) groups is 1. The number of ketones is 1. The van der Waals surface area contributed by atoms with Gasteiger partial charge in [0.1, 0.15) is 5.75 Å². The zero-order chi connectivity index (χ0) is 26.2. The van der Waals surface area contributed by atoms with Crippen LogP contribution in [0, 0.1) is 0 Å². The number of carbonyl (C=O) groups is 1. The van der Waals surface area contributed by atoms with Gasteiger partial charge in [-0.2, -0.15) is 0 Å². The molecule has 0 radical (unpaired) electrons. The molecule has 198 valence electrons. The van der Waals surface area contributed by atoms with Crippen LogP contribution in [0.4, 0.5) is 0 Å². The molecule has 2 aliphatic rings. The van der Waals surface area contributed by atoms with Gasteiger partial charge in [0.05, 0.1) is 34.5 Å². The lowest BCUT2D eigenvalue weighted by Gasteiger charge is -2.30. The summed E-state index contributed by atoms with van der Waals surface area (Å²) in [5, 5.41) is 0. The second kappa shape index (κ2) is 13.4. The quantitative estimate of drug-likeness (QED) is 0.264. The highest BCUT2D eigenvalue weighted by atomic mass is 32.2. The second-order valence-electron chi connectivity index (χ2n) is 8.75. The molecule has 7 nitrogen and oxygen atoms in total. The molecule has 1 aliphatic carbocycles. The number of hydrogen-bond acceptors (Lipinski definition) is 9. The molecule has 4 rings (SSSR count). The van der Waals surface area contributed by atoms with Crippen molar-refractivity contribution in [2.24, 2.45) is 0 Å². The van der Waals surface area contributed by atoms with Crippen molar-refractivity contribution in [2.75, 3.05) is 53.9 Å². The standard InChI is InChI=1S/C28H34N2O5S2/c1-32-24-7-5-19(15-25(24)33-2)13-21-17-23(29-37-30-9-11-35-12-10-30)18-22(28(21)31)14-20-6-8-27(36-4)26(16-20)34-3/h5-8,13-16,23,29H,9-12,17-18H2,1-4H3/b21-13+,22-14+. The predicted molar refractivity (Wildman–Crippen MR) is 151 cm³/mol. The minimum atomic E-state index is 0.0668. The van der Waals surface area contributed by atoms with E-state index in [2.05, 4.69) is 9.03 Å². The van der Waals surface area contributed by atoms with Crippen molar-refractivity contribution in [3.8, 4) is 17.2 Å². The normalized spacial score (nSPS) is 20.9. The van der Waals surface area contributed by atoms with Crippen LogP contribution < -0.4 is 18.9 Å². The highest BCUT2D eigenvalue weighted by Gasteiger charge is 2.29. The van der Waals surface area contributed by atoms with Gasteiger partial charge in [0.2, 0.25) is 0 Å². The van der Waals surface area contributed by atoms with Crippen molar-refractivity contribution in [1.29, 1.82) is 0 Å². The molecular formula is C28H34N2O5S2. The molecule has 1 heterocycles. The van der Waals surface area contributed by atoms with Crippen molar-refractivity contribution >= 4 is 41.8 Å². The molecule has 2 fully saturated rings. The van der Waals surface area contributed by atoms with Crippen molar-refractivity contribution < 1.29 is 23.7 Å². The highest BCUT2D eigenvalue weighted by Crippen LogP contribution is 2.34. The number of carbonyl (C=O) groups excluding carboxylic acids is 1. The van der Waals surface area contributed by atoms with Gasteiger partial charge in [0, 0.05) is 47.3 Å². The fourth-order valence-corrected chi connectivity index (χ4v) is 5.75. The van der Waals surface area contributed by atoms with Gasteiger partial charge >= 0.3 is 0 Å². The lowest BCUT2D eigenvalue weighted by molar-refractivity contribution is -0.113. The maximum absolute atomic E-state index is 13.7. The summed E-state index contributed by atoms with van der Waals surface area (Å²) < 4.78 is 27.7. The maximum atomic E-state index is 13.7. The molecule has 37 heavy (non-hydrogen) atoms. The van der Waals surface area contributed by atoms with Crippen LogP contribution in [-0.2, 0) is 9.53 Å². The van der Waals surface area contributed by atoms with E-state index in [1.165, 1.54) is 0 Å². The lowest BCUT2D eigenvalue weighted by atomic mass is 9.84. The Kier molecular flexibility index (Phi) is 9.99. The largest absolute Gasteiger partial charge is 0.496 e. The van der Waals surface area contributed by atoms with Crippen LogP contribution in [0.3, 0.4) is 0 Å². The average molecular weight is 543 g/mol. The van der Waals surface area contributed by atoms with Gasteiger partial charge < -0.3 is 18.9 Å². The van der Waals surface area contributed by atoms with E-state index in [9.17, 15) is 4.79 Å². The number of ether oxygens (including phenoxy) is 4. The summed E-state index contributed by atoms with van der Waals surface area (Å²) in [5.41, 5.74) is 3.38. The molecule has 1 atom stereocenters. The zero-order valence-electron chi connectivity index (χ0n) is 21.7. The van der Waals surface area contributed by atoms with Crippen molar-refractivity contribution in [1.82, 2.24) is 9.03 Å². The first-order chi connectivity index (χ1) is 18.0. The molecule has 0 spiro atoms. The van der Waals surface area contributed by atoms with Gasteiger partial charge in [-0.15, -0.1) is 11.8 Å². The Morgan fingerprint density at radius 3 is 2.08 bits per heavy atom. The Morgan fingerprint density at radius 1 is 0.892 bits per heavy atom. The Bertz CT molecular complexity index is 1080. The number of nitrogens with zero attached hydrogens (tertiary/aromatic N) is 1. The minimum Gasteiger partial charge on any atom is -0.496 e. The number of rotatable bonds is 9. The number of nitrogens with one attached hydrogen (secondary N) is 1. The van der Waals surface area contributed by atoms with E-state index in [4.69, 9.17) is 18.9 Å². The van der Waals surface area contributed by atoms with Crippen LogP contribution in [0.5, 0.6) is 17.2 Å². The summed E-state index contributed by atoms with van der Waals surface area (Å²) in [6, 6.07) is 11.9. The average Bonchev–Trinajstić information content (AvgIpc) is 2.94. The van der Waals surface area contributed by atoms with Gasteiger partial charge in [-0.05, 0) is 66.6 Å². The van der Waals surface area contributed by atoms with E-state index >= 15 is 0 Å². The molecule has 0 bridgehead atoms. The van der Waals surface area contributed by atoms with Crippen LogP contribution >= 0.6 is 23.9 Å². The maximum Gasteiger partial charge on any atom is 0.185 e. The van der Waals surface area contributed by atoms with E-state index < -0.39 is 0 Å². The molecule has 1 unspecified atom stereocenters. The summed E-state index contributed by atoms with van der Waals surface area (Å²) in [4.78, 5) is 14.7. The van der Waals surface area contributed by atoms with Crippen molar-refractivity contribution in [3.63, 3.8) is 0 Å². The smallest absolute Gasteiger partial charge is 0.185 e. The van der Waals surface area contributed by atoms with Gasteiger partial charge in [0.25, 0.3) is 0 Å². The van der Waals surface area contributed by atoms with E-state index in [0.29, 0.717) is 24.3 Å². The Balaban J connectivity index is 1.63. The number of benzene rings is 2. The molecule has 0 aromatic heterocycles. The van der Waals surface area contributed by atoms with Crippen LogP contribution in [-0.4, -0.2) is 70.0 Å². The SMILES string of the molecule is COc1ccc(/C=C2\CC(NSN3CCOCC3)C/C(=C\c3ccc(SC)c(OC)c3)C2=O)cc1OC. The second-order valence-corrected chi connectivity index (χ2v) is 10.5. The molecule has 1 saturated carbocycles. The third kappa shape index (κ3) is 7.12. The number of morpholine rings is 1. The molecular weight excluding hydrogens is 508 g/mol. The van der Waals surface area contributed by atoms with Gasteiger partial charge in [-0.1, -0.05) is 12.1 Å². The van der Waals surface area contributed by atoms with Gasteiger partial charge in [-0.3, -0.25) is 4.79 Å². The zero-order valence-corrected chi connectivity index (χ0v) is 23.4. The first kappa shape index (κ1) is 27.6. The number of hydrogen-bond donors (Lipinski definition) is 1. The molecule has 2 aromatic rings. The first-order valence-corrected chi connectivity index (χ1v) is 14.2. The molecule has 0 amide bonds. The molecule has 1 aliphatic heterocycles. The molecule has 2 aromatic carbocycles. The van der Waals surface area contributed by atoms with E-state index in [0.717, 1.165) is 59.2 Å². The van der Waals surface area contributed by atoms with E-state index in [1.807, 2.05) is 54.8 Å². The van der Waals surface area contributed by atoms with Crippen LogP contribution in [0.25, 0.3) is 12.2 Å². The summed E-state index contributed by atoms with van der Waals surface area (Å²) >= 11 is 3.26. The minimum absolute atomic E-state index is 0.0668. The Morgan fingerprint density at radius 2 is 1.49 bits per heavy atom.